The van der Waals surface area contributed by atoms with E-state index in [-0.39, 0.29) is 0 Å². The minimum Gasteiger partial charge on any atom is -0.370 e. The van der Waals surface area contributed by atoms with Crippen LogP contribution >= 0.6 is 0 Å². The molecule has 0 radical (unpaired) electrons. The highest BCUT2D eigenvalue weighted by Gasteiger charge is 2.03. The number of hydrogen-bond acceptors (Lipinski definition) is 5. The Balaban J connectivity index is 2.14. The molecule has 0 fully saturated rings. The van der Waals surface area contributed by atoms with Gasteiger partial charge < -0.3 is 10.6 Å². The van der Waals surface area contributed by atoms with E-state index >= 15 is 0 Å². The molecule has 6 heteroatoms. The molecule has 2 aromatic rings. The van der Waals surface area contributed by atoms with Crippen molar-refractivity contribution in [3.05, 3.63) is 24.3 Å². The fourth-order valence-electron chi connectivity index (χ4n) is 1.61. The van der Waals surface area contributed by atoms with Gasteiger partial charge in [-0.15, -0.1) is 0 Å². The van der Waals surface area contributed by atoms with Gasteiger partial charge in [0.1, 0.15) is 17.5 Å². The number of hydrogen-bond donors (Lipinski definition) is 2. The molecule has 0 aliphatic rings. The monoisotopic (exact) mass is 246 g/mol. The molecule has 2 aromatic heterocycles. The Labute approximate surface area is 106 Å². The number of aromatic nitrogens is 4. The van der Waals surface area contributed by atoms with Crippen molar-refractivity contribution in [2.24, 2.45) is 7.05 Å². The SMILES string of the molecule is CCCNc1cc(Nc2cnn(C)c2)nc(C)n1. The third kappa shape index (κ3) is 3.19. The molecule has 0 amide bonds. The molecule has 6 nitrogen and oxygen atoms in total. The van der Waals surface area contributed by atoms with Crippen molar-refractivity contribution in [2.75, 3.05) is 17.2 Å². The Morgan fingerprint density at radius 1 is 1.28 bits per heavy atom. The molecular weight excluding hydrogens is 228 g/mol. The van der Waals surface area contributed by atoms with Crippen LogP contribution in [0.5, 0.6) is 0 Å². The molecule has 0 atom stereocenters. The van der Waals surface area contributed by atoms with Crippen molar-refractivity contribution in [1.82, 2.24) is 19.7 Å². The van der Waals surface area contributed by atoms with Crippen molar-refractivity contribution in [3.63, 3.8) is 0 Å². The van der Waals surface area contributed by atoms with Gasteiger partial charge in [0.2, 0.25) is 0 Å². The number of nitrogens with zero attached hydrogens (tertiary/aromatic N) is 4. The van der Waals surface area contributed by atoms with Crippen molar-refractivity contribution in [2.45, 2.75) is 20.3 Å². The first-order chi connectivity index (χ1) is 8.67. The summed E-state index contributed by atoms with van der Waals surface area (Å²) in [5.74, 6) is 2.35. The van der Waals surface area contributed by atoms with Crippen LogP contribution in [0, 0.1) is 6.92 Å². The summed E-state index contributed by atoms with van der Waals surface area (Å²) in [6.07, 6.45) is 4.72. The van der Waals surface area contributed by atoms with E-state index < -0.39 is 0 Å². The second-order valence-electron chi connectivity index (χ2n) is 4.14. The summed E-state index contributed by atoms with van der Waals surface area (Å²) in [6, 6.07) is 1.90. The Bertz CT molecular complexity index is 519. The molecule has 0 saturated heterocycles. The summed E-state index contributed by atoms with van der Waals surface area (Å²) in [5.41, 5.74) is 0.914. The third-order valence-electron chi connectivity index (χ3n) is 2.37. The van der Waals surface area contributed by atoms with Crippen LogP contribution in [0.2, 0.25) is 0 Å². The van der Waals surface area contributed by atoms with Crippen molar-refractivity contribution < 1.29 is 0 Å². The van der Waals surface area contributed by atoms with E-state index in [1.807, 2.05) is 26.2 Å². The number of rotatable bonds is 5. The average Bonchev–Trinajstić information content (AvgIpc) is 2.71. The van der Waals surface area contributed by atoms with E-state index in [9.17, 15) is 0 Å². The van der Waals surface area contributed by atoms with E-state index in [0.29, 0.717) is 0 Å². The van der Waals surface area contributed by atoms with Gasteiger partial charge >= 0.3 is 0 Å². The third-order valence-corrected chi connectivity index (χ3v) is 2.37. The fraction of sp³-hybridized carbons (Fsp3) is 0.417. The Morgan fingerprint density at radius 2 is 2.06 bits per heavy atom. The predicted molar refractivity (Wildman–Crippen MR) is 72.0 cm³/mol. The molecule has 2 rings (SSSR count). The zero-order valence-electron chi connectivity index (χ0n) is 10.9. The molecule has 0 aromatic carbocycles. The normalized spacial score (nSPS) is 10.4. The van der Waals surface area contributed by atoms with Gasteiger partial charge in [0, 0.05) is 25.9 Å². The molecule has 0 aliphatic heterocycles. The Morgan fingerprint density at radius 3 is 2.72 bits per heavy atom. The molecule has 2 N–H and O–H groups in total. The first kappa shape index (κ1) is 12.3. The smallest absolute Gasteiger partial charge is 0.136 e. The van der Waals surface area contributed by atoms with Gasteiger partial charge in [0.05, 0.1) is 11.9 Å². The van der Waals surface area contributed by atoms with Gasteiger partial charge in [0.25, 0.3) is 0 Å². The van der Waals surface area contributed by atoms with Gasteiger partial charge in [-0.3, -0.25) is 4.68 Å². The van der Waals surface area contributed by atoms with Crippen molar-refractivity contribution in [1.29, 1.82) is 0 Å². The topological polar surface area (TPSA) is 67.7 Å². The van der Waals surface area contributed by atoms with Crippen LogP contribution < -0.4 is 10.6 Å². The summed E-state index contributed by atoms with van der Waals surface area (Å²) < 4.78 is 1.74. The van der Waals surface area contributed by atoms with Crippen molar-refractivity contribution >= 4 is 17.3 Å². The average molecular weight is 246 g/mol. The van der Waals surface area contributed by atoms with E-state index in [2.05, 4.69) is 32.6 Å². The van der Waals surface area contributed by atoms with Gasteiger partial charge in [-0.05, 0) is 13.3 Å². The van der Waals surface area contributed by atoms with E-state index in [0.717, 1.165) is 36.1 Å². The minimum atomic E-state index is 0.738. The minimum absolute atomic E-state index is 0.738. The summed E-state index contributed by atoms with van der Waals surface area (Å²) in [4.78, 5) is 8.68. The molecule has 96 valence electrons. The van der Waals surface area contributed by atoms with E-state index in [1.165, 1.54) is 0 Å². The largest absolute Gasteiger partial charge is 0.370 e. The van der Waals surface area contributed by atoms with Crippen LogP contribution in [0.3, 0.4) is 0 Å². The lowest BCUT2D eigenvalue weighted by molar-refractivity contribution is 0.768. The Hall–Kier alpha value is -2.11. The van der Waals surface area contributed by atoms with Gasteiger partial charge in [-0.1, -0.05) is 6.92 Å². The molecule has 18 heavy (non-hydrogen) atoms. The maximum Gasteiger partial charge on any atom is 0.136 e. The van der Waals surface area contributed by atoms with Crippen LogP contribution in [0.4, 0.5) is 17.3 Å². The number of nitrogens with one attached hydrogen (secondary N) is 2. The van der Waals surface area contributed by atoms with Crippen LogP contribution in [0.1, 0.15) is 19.2 Å². The van der Waals surface area contributed by atoms with Gasteiger partial charge in [-0.2, -0.15) is 5.10 Å². The fourth-order valence-corrected chi connectivity index (χ4v) is 1.61. The van der Waals surface area contributed by atoms with Crippen molar-refractivity contribution in [3.8, 4) is 0 Å². The first-order valence-electron chi connectivity index (χ1n) is 6.02. The van der Waals surface area contributed by atoms with E-state index in [4.69, 9.17) is 0 Å². The highest BCUT2D eigenvalue weighted by Crippen LogP contribution is 2.16. The molecule has 2 heterocycles. The summed E-state index contributed by atoms with van der Waals surface area (Å²) in [6.45, 7) is 4.91. The number of aryl methyl sites for hydroxylation is 2. The summed E-state index contributed by atoms with van der Waals surface area (Å²) in [5, 5.41) is 10.6. The second kappa shape index (κ2) is 5.48. The quantitative estimate of drug-likeness (QED) is 0.845. The molecular formula is C12H18N6. The standard InChI is InChI=1S/C12H18N6/c1-4-5-13-11-6-12(16-9(2)15-11)17-10-7-14-18(3)8-10/h6-8H,4-5H2,1-3H3,(H2,13,15,16,17). The van der Waals surface area contributed by atoms with Crippen LogP contribution in [0.25, 0.3) is 0 Å². The summed E-state index contributed by atoms with van der Waals surface area (Å²) >= 11 is 0. The zero-order valence-corrected chi connectivity index (χ0v) is 10.9. The van der Waals surface area contributed by atoms with E-state index in [1.54, 1.807) is 10.9 Å². The predicted octanol–water partition coefficient (Wildman–Crippen LogP) is 2.08. The maximum atomic E-state index is 4.35. The van der Waals surface area contributed by atoms with Crippen LogP contribution in [0.15, 0.2) is 18.5 Å². The lowest BCUT2D eigenvalue weighted by Gasteiger charge is -2.08. The molecule has 0 spiro atoms. The zero-order chi connectivity index (χ0) is 13.0. The first-order valence-corrected chi connectivity index (χ1v) is 6.02. The number of anilines is 3. The highest BCUT2D eigenvalue weighted by atomic mass is 15.3. The molecule has 0 unspecified atom stereocenters. The van der Waals surface area contributed by atoms with Gasteiger partial charge in [0.15, 0.2) is 0 Å². The maximum absolute atomic E-state index is 4.35. The Kier molecular flexibility index (Phi) is 3.76. The molecule has 0 aliphatic carbocycles. The lowest BCUT2D eigenvalue weighted by atomic mass is 10.4. The van der Waals surface area contributed by atoms with Crippen LogP contribution in [-0.2, 0) is 7.05 Å². The highest BCUT2D eigenvalue weighted by molar-refractivity contribution is 5.57. The van der Waals surface area contributed by atoms with Gasteiger partial charge in [-0.25, -0.2) is 9.97 Å². The molecule has 0 saturated carbocycles. The van der Waals surface area contributed by atoms with Crippen LogP contribution in [-0.4, -0.2) is 26.3 Å². The summed E-state index contributed by atoms with van der Waals surface area (Å²) in [7, 11) is 1.88. The molecule has 0 bridgehead atoms. The second-order valence-corrected chi connectivity index (χ2v) is 4.14. The lowest BCUT2D eigenvalue weighted by Crippen LogP contribution is -2.05.